The molecule has 0 saturated carbocycles. The van der Waals surface area contributed by atoms with E-state index in [0.29, 0.717) is 11.7 Å². The van der Waals surface area contributed by atoms with Crippen molar-refractivity contribution in [2.45, 2.75) is 31.7 Å². The predicted molar refractivity (Wildman–Crippen MR) is 90.0 cm³/mol. The highest BCUT2D eigenvalue weighted by Crippen LogP contribution is 2.26. The molecule has 1 atom stereocenters. The van der Waals surface area contributed by atoms with Crippen LogP contribution in [0.3, 0.4) is 0 Å². The highest BCUT2D eigenvalue weighted by molar-refractivity contribution is 8.00. The maximum absolute atomic E-state index is 12.4. The molecule has 0 spiro atoms. The standard InChI is InChI=1S/C17H21N3OS/c1-12-6-5-9-20(10-12)16(21)11-22-17-14-7-3-4-8-15(14)18-13(2)19-17/h3-4,7-8,12H,5-6,9-11H2,1-2H3. The second-order valence-corrected chi connectivity index (χ2v) is 6.93. The quantitative estimate of drug-likeness (QED) is 0.644. The van der Waals surface area contributed by atoms with Gasteiger partial charge in [-0.15, -0.1) is 0 Å². The zero-order valence-corrected chi connectivity index (χ0v) is 13.9. The maximum atomic E-state index is 12.4. The smallest absolute Gasteiger partial charge is 0.232 e. The number of rotatable bonds is 3. The molecule has 0 radical (unpaired) electrons. The molecule has 5 heteroatoms. The Morgan fingerprint density at radius 1 is 1.36 bits per heavy atom. The van der Waals surface area contributed by atoms with Gasteiger partial charge in [-0.3, -0.25) is 4.79 Å². The average molecular weight is 315 g/mol. The van der Waals surface area contributed by atoms with Crippen molar-refractivity contribution in [3.05, 3.63) is 30.1 Å². The van der Waals surface area contributed by atoms with Crippen LogP contribution in [-0.2, 0) is 4.79 Å². The summed E-state index contributed by atoms with van der Waals surface area (Å²) in [6, 6.07) is 7.97. The molecule has 22 heavy (non-hydrogen) atoms. The number of hydrogen-bond acceptors (Lipinski definition) is 4. The van der Waals surface area contributed by atoms with Gasteiger partial charge in [-0.2, -0.15) is 0 Å². The molecule has 4 nitrogen and oxygen atoms in total. The number of aryl methyl sites for hydroxylation is 1. The van der Waals surface area contributed by atoms with Crippen LogP contribution in [0.2, 0.25) is 0 Å². The summed E-state index contributed by atoms with van der Waals surface area (Å²) in [7, 11) is 0. The van der Waals surface area contributed by atoms with Gasteiger partial charge in [-0.25, -0.2) is 9.97 Å². The Morgan fingerprint density at radius 2 is 2.18 bits per heavy atom. The molecule has 1 unspecified atom stereocenters. The molecule has 0 N–H and O–H groups in total. The lowest BCUT2D eigenvalue weighted by Gasteiger charge is -2.30. The minimum Gasteiger partial charge on any atom is -0.342 e. The molecule has 1 aromatic carbocycles. The van der Waals surface area contributed by atoms with Crippen LogP contribution >= 0.6 is 11.8 Å². The second-order valence-electron chi connectivity index (χ2n) is 5.97. The SMILES string of the molecule is Cc1nc(SCC(=O)N2CCCC(C)C2)c2ccccc2n1. The van der Waals surface area contributed by atoms with E-state index >= 15 is 0 Å². The zero-order valence-electron chi connectivity index (χ0n) is 13.1. The number of fused-ring (bicyclic) bond motifs is 1. The van der Waals surface area contributed by atoms with E-state index in [0.717, 1.165) is 41.3 Å². The van der Waals surface area contributed by atoms with Crippen molar-refractivity contribution in [3.63, 3.8) is 0 Å². The molecule has 1 aliphatic rings. The van der Waals surface area contributed by atoms with Crippen molar-refractivity contribution < 1.29 is 4.79 Å². The monoisotopic (exact) mass is 315 g/mol. The number of nitrogens with zero attached hydrogens (tertiary/aromatic N) is 3. The van der Waals surface area contributed by atoms with E-state index in [4.69, 9.17) is 0 Å². The van der Waals surface area contributed by atoms with Crippen LogP contribution in [0.1, 0.15) is 25.6 Å². The molecule has 3 rings (SSSR count). The number of carbonyl (C=O) groups is 1. The summed E-state index contributed by atoms with van der Waals surface area (Å²) >= 11 is 1.52. The highest BCUT2D eigenvalue weighted by atomic mass is 32.2. The van der Waals surface area contributed by atoms with Gasteiger partial charge >= 0.3 is 0 Å². The molecular weight excluding hydrogens is 294 g/mol. The molecule has 2 heterocycles. The maximum Gasteiger partial charge on any atom is 0.232 e. The number of benzene rings is 1. The van der Waals surface area contributed by atoms with Crippen molar-refractivity contribution in [1.82, 2.24) is 14.9 Å². The van der Waals surface area contributed by atoms with E-state index in [1.165, 1.54) is 18.2 Å². The van der Waals surface area contributed by atoms with Crippen LogP contribution in [0.25, 0.3) is 10.9 Å². The normalized spacial score (nSPS) is 18.6. The van der Waals surface area contributed by atoms with Crippen molar-refractivity contribution in [3.8, 4) is 0 Å². The summed E-state index contributed by atoms with van der Waals surface area (Å²) in [5, 5.41) is 1.93. The van der Waals surface area contributed by atoms with Gasteiger partial charge in [0.15, 0.2) is 0 Å². The number of likely N-dealkylation sites (tertiary alicyclic amines) is 1. The van der Waals surface area contributed by atoms with E-state index in [-0.39, 0.29) is 5.91 Å². The minimum absolute atomic E-state index is 0.219. The van der Waals surface area contributed by atoms with Crippen molar-refractivity contribution in [2.24, 2.45) is 5.92 Å². The summed E-state index contributed by atoms with van der Waals surface area (Å²) in [6.07, 6.45) is 2.35. The number of amides is 1. The zero-order chi connectivity index (χ0) is 15.5. The molecule has 116 valence electrons. The van der Waals surface area contributed by atoms with Crippen LogP contribution in [0.5, 0.6) is 0 Å². The van der Waals surface area contributed by atoms with Crippen molar-refractivity contribution >= 4 is 28.6 Å². The van der Waals surface area contributed by atoms with E-state index in [1.54, 1.807) is 0 Å². The molecular formula is C17H21N3OS. The molecule has 1 aliphatic heterocycles. The van der Waals surface area contributed by atoms with Gasteiger partial charge < -0.3 is 4.90 Å². The van der Waals surface area contributed by atoms with E-state index in [1.807, 2.05) is 36.1 Å². The van der Waals surface area contributed by atoms with Crippen molar-refractivity contribution in [2.75, 3.05) is 18.8 Å². The first-order valence-electron chi connectivity index (χ1n) is 7.77. The first-order chi connectivity index (χ1) is 10.6. The molecule has 0 aliphatic carbocycles. The average Bonchev–Trinajstić information content (AvgIpc) is 2.52. The lowest BCUT2D eigenvalue weighted by Crippen LogP contribution is -2.40. The molecule has 1 saturated heterocycles. The summed E-state index contributed by atoms with van der Waals surface area (Å²) in [5.41, 5.74) is 0.941. The third kappa shape index (κ3) is 3.40. The van der Waals surface area contributed by atoms with Gasteiger partial charge in [0.2, 0.25) is 5.91 Å². The van der Waals surface area contributed by atoms with E-state index < -0.39 is 0 Å². The fourth-order valence-corrected chi connectivity index (χ4v) is 3.87. The summed E-state index contributed by atoms with van der Waals surface area (Å²) < 4.78 is 0. The Hall–Kier alpha value is -1.62. The van der Waals surface area contributed by atoms with Crippen LogP contribution in [0.15, 0.2) is 29.3 Å². The fraction of sp³-hybridized carbons (Fsp3) is 0.471. The minimum atomic E-state index is 0.219. The van der Waals surface area contributed by atoms with Gasteiger partial charge in [0.1, 0.15) is 10.9 Å². The van der Waals surface area contributed by atoms with Crippen LogP contribution in [0.4, 0.5) is 0 Å². The van der Waals surface area contributed by atoms with Gasteiger partial charge in [0, 0.05) is 18.5 Å². The van der Waals surface area contributed by atoms with E-state index in [9.17, 15) is 4.79 Å². The number of hydrogen-bond donors (Lipinski definition) is 0. The number of aromatic nitrogens is 2. The van der Waals surface area contributed by atoms with Gasteiger partial charge in [-0.1, -0.05) is 36.9 Å². The Balaban J connectivity index is 1.72. The largest absolute Gasteiger partial charge is 0.342 e. The molecule has 1 fully saturated rings. The number of para-hydroxylation sites is 1. The third-order valence-corrected chi connectivity index (χ3v) is 5.00. The van der Waals surface area contributed by atoms with Crippen LogP contribution < -0.4 is 0 Å². The van der Waals surface area contributed by atoms with E-state index in [2.05, 4.69) is 16.9 Å². The molecule has 0 bridgehead atoms. The predicted octanol–water partition coefficient (Wildman–Crippen LogP) is 3.29. The lowest BCUT2D eigenvalue weighted by molar-refractivity contribution is -0.130. The van der Waals surface area contributed by atoms with Gasteiger partial charge in [0.25, 0.3) is 0 Å². The van der Waals surface area contributed by atoms with Crippen LogP contribution in [-0.4, -0.2) is 39.6 Å². The topological polar surface area (TPSA) is 46.1 Å². The lowest BCUT2D eigenvalue weighted by atomic mass is 10.0. The number of carbonyl (C=O) groups excluding carboxylic acids is 1. The number of piperidine rings is 1. The Morgan fingerprint density at radius 3 is 3.00 bits per heavy atom. The Labute approximate surface area is 135 Å². The van der Waals surface area contributed by atoms with Gasteiger partial charge in [-0.05, 0) is 31.7 Å². The third-order valence-electron chi connectivity index (χ3n) is 4.02. The molecule has 1 aromatic heterocycles. The molecule has 2 aromatic rings. The first kappa shape index (κ1) is 15.3. The Bertz CT molecular complexity index is 689. The van der Waals surface area contributed by atoms with Crippen molar-refractivity contribution in [1.29, 1.82) is 0 Å². The molecule has 1 amide bonds. The summed E-state index contributed by atoms with van der Waals surface area (Å²) in [5.74, 6) is 2.04. The Kier molecular flexibility index (Phi) is 4.62. The number of thioether (sulfide) groups is 1. The first-order valence-corrected chi connectivity index (χ1v) is 8.76. The fourth-order valence-electron chi connectivity index (χ4n) is 2.91. The second kappa shape index (κ2) is 6.65. The highest BCUT2D eigenvalue weighted by Gasteiger charge is 2.21. The van der Waals surface area contributed by atoms with Crippen LogP contribution in [0, 0.1) is 12.8 Å². The summed E-state index contributed by atoms with van der Waals surface area (Å²) in [4.78, 5) is 23.4. The van der Waals surface area contributed by atoms with Gasteiger partial charge in [0.05, 0.1) is 11.3 Å². The summed E-state index contributed by atoms with van der Waals surface area (Å²) in [6.45, 7) is 5.90.